The molecule has 76 valence electrons. The van der Waals surface area contributed by atoms with Crippen molar-refractivity contribution in [2.75, 3.05) is 25.9 Å². The van der Waals surface area contributed by atoms with Crippen LogP contribution in [-0.2, 0) is 14.8 Å². The lowest BCUT2D eigenvalue weighted by atomic mass is 10.2. The lowest BCUT2D eigenvalue weighted by molar-refractivity contribution is -0.119. The molecule has 0 aromatic heterocycles. The number of carbonyl (C=O) groups is 1. The van der Waals surface area contributed by atoms with Crippen molar-refractivity contribution in [1.82, 2.24) is 9.21 Å². The fraction of sp³-hybridized carbons (Fsp3) is 0.857. The van der Waals surface area contributed by atoms with Gasteiger partial charge in [0.2, 0.25) is 16.4 Å². The zero-order chi connectivity index (χ0) is 10.1. The normalized spacial score (nSPS) is 26.0. The van der Waals surface area contributed by atoms with Gasteiger partial charge < -0.3 is 4.90 Å². The first-order valence-corrected chi connectivity index (χ1v) is 5.96. The molecule has 1 fully saturated rings. The molecule has 0 saturated carbocycles. The second-order valence-corrected chi connectivity index (χ2v) is 5.26. The number of piperazine rings is 1. The Hall–Kier alpha value is -0.620. The van der Waals surface area contributed by atoms with Gasteiger partial charge in [0, 0.05) is 25.7 Å². The van der Waals surface area contributed by atoms with Gasteiger partial charge in [-0.1, -0.05) is 0 Å². The van der Waals surface area contributed by atoms with Gasteiger partial charge in [0.15, 0.2) is 0 Å². The molecule has 13 heavy (non-hydrogen) atoms. The summed E-state index contributed by atoms with van der Waals surface area (Å²) in [5.41, 5.74) is 0. The molecule has 1 amide bonds. The molecule has 1 rings (SSSR count). The van der Waals surface area contributed by atoms with Gasteiger partial charge in [-0.3, -0.25) is 4.79 Å². The maximum atomic E-state index is 11.2. The highest BCUT2D eigenvalue weighted by molar-refractivity contribution is 7.88. The summed E-state index contributed by atoms with van der Waals surface area (Å²) in [6.45, 7) is 3.17. The van der Waals surface area contributed by atoms with Crippen LogP contribution >= 0.6 is 0 Å². The van der Waals surface area contributed by atoms with Gasteiger partial charge in [-0.15, -0.1) is 0 Å². The molecule has 6 heteroatoms. The smallest absolute Gasteiger partial charge is 0.211 e. The number of sulfonamides is 1. The number of carbonyl (C=O) groups excluding carboxylic acids is 1. The van der Waals surface area contributed by atoms with Crippen LogP contribution in [0.1, 0.15) is 6.92 Å². The van der Waals surface area contributed by atoms with Gasteiger partial charge in [0.25, 0.3) is 0 Å². The van der Waals surface area contributed by atoms with Gasteiger partial charge in [-0.05, 0) is 6.92 Å². The van der Waals surface area contributed by atoms with Crippen molar-refractivity contribution in [2.24, 2.45) is 0 Å². The summed E-state index contributed by atoms with van der Waals surface area (Å²) in [6, 6.07) is -0.117. The van der Waals surface area contributed by atoms with E-state index in [-0.39, 0.29) is 6.04 Å². The Morgan fingerprint density at radius 2 is 2.00 bits per heavy atom. The van der Waals surface area contributed by atoms with Gasteiger partial charge >= 0.3 is 0 Å². The van der Waals surface area contributed by atoms with Crippen LogP contribution in [0.3, 0.4) is 0 Å². The molecular weight excluding hydrogens is 192 g/mol. The van der Waals surface area contributed by atoms with Crippen LogP contribution < -0.4 is 0 Å². The number of rotatable bonds is 2. The second-order valence-electron chi connectivity index (χ2n) is 3.32. The number of hydrogen-bond donors (Lipinski definition) is 0. The summed E-state index contributed by atoms with van der Waals surface area (Å²) < 4.78 is 23.8. The standard InChI is InChI=1S/C7H14N2O3S/c1-7-5-8(6-10)3-4-9(7)13(2,11)12/h6-7H,3-5H2,1-2H3/t7-/m0/s1. The maximum Gasteiger partial charge on any atom is 0.211 e. The Morgan fingerprint density at radius 3 is 2.38 bits per heavy atom. The predicted octanol–water partition coefficient (Wildman–Crippen LogP) is -0.891. The lowest BCUT2D eigenvalue weighted by Crippen LogP contribution is -2.53. The Morgan fingerprint density at radius 1 is 1.38 bits per heavy atom. The van der Waals surface area contributed by atoms with Crippen molar-refractivity contribution in [2.45, 2.75) is 13.0 Å². The van der Waals surface area contributed by atoms with Crippen LogP contribution in [0.4, 0.5) is 0 Å². The van der Waals surface area contributed by atoms with Gasteiger partial charge in [0.05, 0.1) is 6.26 Å². The van der Waals surface area contributed by atoms with Gasteiger partial charge in [-0.25, -0.2) is 8.42 Å². The Bertz CT molecular complexity index is 288. The maximum absolute atomic E-state index is 11.2. The summed E-state index contributed by atoms with van der Waals surface area (Å²) in [7, 11) is -3.12. The number of hydrogen-bond acceptors (Lipinski definition) is 3. The van der Waals surface area contributed by atoms with E-state index in [9.17, 15) is 13.2 Å². The molecule has 0 spiro atoms. The molecule has 1 saturated heterocycles. The quantitative estimate of drug-likeness (QED) is 0.551. The third-order valence-electron chi connectivity index (χ3n) is 2.17. The first-order chi connectivity index (χ1) is 5.95. The summed E-state index contributed by atoms with van der Waals surface area (Å²) in [5.74, 6) is 0. The van der Waals surface area contributed by atoms with Crippen molar-refractivity contribution in [3.05, 3.63) is 0 Å². The zero-order valence-electron chi connectivity index (χ0n) is 7.80. The molecule has 1 atom stereocenters. The topological polar surface area (TPSA) is 57.7 Å². The summed E-state index contributed by atoms with van der Waals surface area (Å²) >= 11 is 0. The van der Waals surface area contributed by atoms with Crippen LogP contribution in [0.5, 0.6) is 0 Å². The zero-order valence-corrected chi connectivity index (χ0v) is 8.62. The highest BCUT2D eigenvalue weighted by Gasteiger charge is 2.28. The molecule has 1 heterocycles. The molecule has 1 aliphatic rings. The molecule has 0 unspecified atom stereocenters. The molecule has 0 aromatic rings. The third kappa shape index (κ3) is 2.41. The molecule has 0 aliphatic carbocycles. The first-order valence-electron chi connectivity index (χ1n) is 4.11. The molecule has 0 radical (unpaired) electrons. The first kappa shape index (κ1) is 10.5. The monoisotopic (exact) mass is 206 g/mol. The molecule has 0 N–H and O–H groups in total. The van der Waals surface area contributed by atoms with Crippen LogP contribution in [0.2, 0.25) is 0 Å². The van der Waals surface area contributed by atoms with Crippen LogP contribution in [0, 0.1) is 0 Å². The number of nitrogens with zero attached hydrogens (tertiary/aromatic N) is 2. The minimum absolute atomic E-state index is 0.117. The van der Waals surface area contributed by atoms with Crippen molar-refractivity contribution in [1.29, 1.82) is 0 Å². The average molecular weight is 206 g/mol. The Balaban J connectivity index is 2.69. The third-order valence-corrected chi connectivity index (χ3v) is 3.57. The highest BCUT2D eigenvalue weighted by atomic mass is 32.2. The Kier molecular flexibility index (Phi) is 2.92. The van der Waals surface area contributed by atoms with Crippen molar-refractivity contribution < 1.29 is 13.2 Å². The second kappa shape index (κ2) is 3.63. The molecule has 5 nitrogen and oxygen atoms in total. The minimum atomic E-state index is -3.12. The van der Waals surface area contributed by atoms with Gasteiger partial charge in [0.1, 0.15) is 0 Å². The molecule has 0 bridgehead atoms. The average Bonchev–Trinajstić information content (AvgIpc) is 2.01. The van der Waals surface area contributed by atoms with Crippen molar-refractivity contribution in [3.63, 3.8) is 0 Å². The fourth-order valence-corrected chi connectivity index (χ4v) is 2.69. The van der Waals surface area contributed by atoms with E-state index in [4.69, 9.17) is 0 Å². The molecular formula is C7H14N2O3S. The summed E-state index contributed by atoms with van der Waals surface area (Å²) in [4.78, 5) is 12.0. The van der Waals surface area contributed by atoms with Crippen LogP contribution in [0.15, 0.2) is 0 Å². The summed E-state index contributed by atoms with van der Waals surface area (Å²) in [6.07, 6.45) is 1.95. The van der Waals surface area contributed by atoms with E-state index in [1.807, 2.05) is 0 Å². The highest BCUT2D eigenvalue weighted by Crippen LogP contribution is 2.11. The fourth-order valence-electron chi connectivity index (χ4n) is 1.56. The molecule has 1 aliphatic heterocycles. The lowest BCUT2D eigenvalue weighted by Gasteiger charge is -2.36. The van der Waals surface area contributed by atoms with E-state index in [0.29, 0.717) is 19.6 Å². The van der Waals surface area contributed by atoms with E-state index in [1.54, 1.807) is 11.8 Å². The van der Waals surface area contributed by atoms with Crippen LogP contribution in [-0.4, -0.2) is 56.0 Å². The summed E-state index contributed by atoms with van der Waals surface area (Å²) in [5, 5.41) is 0. The van der Waals surface area contributed by atoms with Crippen LogP contribution in [0.25, 0.3) is 0 Å². The Labute approximate surface area is 78.4 Å². The predicted molar refractivity (Wildman–Crippen MR) is 48.6 cm³/mol. The van der Waals surface area contributed by atoms with Crippen molar-refractivity contribution in [3.8, 4) is 0 Å². The van der Waals surface area contributed by atoms with E-state index >= 15 is 0 Å². The molecule has 0 aromatic carbocycles. The van der Waals surface area contributed by atoms with E-state index in [0.717, 1.165) is 6.41 Å². The SMILES string of the molecule is C[C@H]1CN(C=O)CCN1S(C)(=O)=O. The van der Waals surface area contributed by atoms with E-state index in [1.165, 1.54) is 10.6 Å². The minimum Gasteiger partial charge on any atom is -0.342 e. The van der Waals surface area contributed by atoms with E-state index in [2.05, 4.69) is 0 Å². The van der Waals surface area contributed by atoms with E-state index < -0.39 is 10.0 Å². The number of amides is 1. The van der Waals surface area contributed by atoms with Crippen molar-refractivity contribution >= 4 is 16.4 Å². The largest absolute Gasteiger partial charge is 0.342 e. The van der Waals surface area contributed by atoms with Gasteiger partial charge in [-0.2, -0.15) is 4.31 Å².